The normalized spacial score (nSPS) is 10.9. The molecule has 0 bridgehead atoms. The average Bonchev–Trinajstić information content (AvgIpc) is 2.61. The molecule has 1 aromatic rings. The number of phenols is 1. The Kier molecular flexibility index (Phi) is 1.62. The van der Waals surface area contributed by atoms with E-state index in [1.807, 2.05) is 36.7 Å². The first-order chi connectivity index (χ1) is 7.34. The molecular weight excluding hydrogens is 186 g/mol. The third-order valence-electron chi connectivity index (χ3n) is 2.61. The molecule has 2 nitrogen and oxygen atoms in total. The molecule has 1 aliphatic carbocycles. The zero-order valence-electron chi connectivity index (χ0n) is 8.01. The molecule has 0 aromatic heterocycles. The SMILES string of the molecule is Oc1ccc2c3cncc-3cccc2c1. The molecule has 72 valence electrons. The Balaban J connectivity index is 2.51. The summed E-state index contributed by atoms with van der Waals surface area (Å²) in [5, 5.41) is 11.6. The highest BCUT2D eigenvalue weighted by Gasteiger charge is 2.05. The number of aromatic hydroxyl groups is 1. The van der Waals surface area contributed by atoms with Crippen LogP contribution in [0.15, 0.2) is 48.8 Å². The van der Waals surface area contributed by atoms with Crippen molar-refractivity contribution in [3.05, 3.63) is 48.8 Å². The maximum absolute atomic E-state index is 9.42. The van der Waals surface area contributed by atoms with E-state index in [1.165, 1.54) is 0 Å². The molecule has 15 heavy (non-hydrogen) atoms. The van der Waals surface area contributed by atoms with Crippen LogP contribution in [-0.4, -0.2) is 10.1 Å². The van der Waals surface area contributed by atoms with E-state index in [2.05, 4.69) is 4.98 Å². The quantitative estimate of drug-likeness (QED) is 0.598. The number of benzene rings is 1. The van der Waals surface area contributed by atoms with Crippen LogP contribution in [0, 0.1) is 0 Å². The second kappa shape index (κ2) is 2.95. The van der Waals surface area contributed by atoms with Crippen molar-refractivity contribution in [2.24, 2.45) is 0 Å². The minimum Gasteiger partial charge on any atom is -0.508 e. The van der Waals surface area contributed by atoms with Gasteiger partial charge in [-0.15, -0.1) is 0 Å². The van der Waals surface area contributed by atoms with Crippen molar-refractivity contribution in [1.82, 2.24) is 4.98 Å². The van der Waals surface area contributed by atoms with Gasteiger partial charge in [0.15, 0.2) is 0 Å². The van der Waals surface area contributed by atoms with Gasteiger partial charge in [0.05, 0.1) is 0 Å². The predicted octanol–water partition coefficient (Wildman–Crippen LogP) is 3.05. The van der Waals surface area contributed by atoms with Crippen LogP contribution in [0.25, 0.3) is 21.9 Å². The smallest absolute Gasteiger partial charge is 0.116 e. The Morgan fingerprint density at radius 1 is 1.00 bits per heavy atom. The molecule has 0 unspecified atom stereocenters. The maximum atomic E-state index is 9.42. The van der Waals surface area contributed by atoms with E-state index in [0.717, 1.165) is 21.9 Å². The lowest BCUT2D eigenvalue weighted by atomic mass is 10.1. The van der Waals surface area contributed by atoms with Gasteiger partial charge in [0.1, 0.15) is 5.75 Å². The lowest BCUT2D eigenvalue weighted by molar-refractivity contribution is 0.476. The Morgan fingerprint density at radius 2 is 1.93 bits per heavy atom. The number of nitrogens with zero attached hydrogens (tertiary/aromatic N) is 1. The van der Waals surface area contributed by atoms with Gasteiger partial charge in [-0.2, -0.15) is 0 Å². The van der Waals surface area contributed by atoms with Gasteiger partial charge in [-0.3, -0.25) is 4.98 Å². The van der Waals surface area contributed by atoms with Crippen molar-refractivity contribution >= 4 is 10.8 Å². The molecular formula is C13H9NO. The summed E-state index contributed by atoms with van der Waals surface area (Å²) in [5.41, 5.74) is 2.24. The first-order valence-corrected chi connectivity index (χ1v) is 4.80. The zero-order chi connectivity index (χ0) is 10.3. The van der Waals surface area contributed by atoms with E-state index in [1.54, 1.807) is 12.1 Å². The Bertz CT molecular complexity index is 604. The van der Waals surface area contributed by atoms with E-state index >= 15 is 0 Å². The van der Waals surface area contributed by atoms with Crippen LogP contribution in [-0.2, 0) is 0 Å². The van der Waals surface area contributed by atoms with Crippen LogP contribution < -0.4 is 0 Å². The molecule has 1 heterocycles. The molecule has 0 spiro atoms. The fraction of sp³-hybridized carbons (Fsp3) is 0. The van der Waals surface area contributed by atoms with Crippen LogP contribution in [0.5, 0.6) is 5.75 Å². The molecule has 2 aliphatic rings. The van der Waals surface area contributed by atoms with Crippen molar-refractivity contribution < 1.29 is 5.11 Å². The second-order valence-electron chi connectivity index (χ2n) is 3.57. The maximum Gasteiger partial charge on any atom is 0.116 e. The molecule has 0 saturated carbocycles. The molecule has 1 aliphatic heterocycles. The number of fused-ring (bicyclic) bond motifs is 3. The van der Waals surface area contributed by atoms with E-state index in [0.29, 0.717) is 5.75 Å². The van der Waals surface area contributed by atoms with Gasteiger partial charge in [0, 0.05) is 23.5 Å². The minimum absolute atomic E-state index is 0.293. The molecule has 0 atom stereocenters. The average molecular weight is 195 g/mol. The van der Waals surface area contributed by atoms with Gasteiger partial charge in [0.25, 0.3) is 0 Å². The van der Waals surface area contributed by atoms with Gasteiger partial charge in [-0.05, 0) is 22.9 Å². The molecule has 0 amide bonds. The van der Waals surface area contributed by atoms with E-state index in [9.17, 15) is 5.11 Å². The van der Waals surface area contributed by atoms with Crippen LogP contribution in [0.4, 0.5) is 0 Å². The third kappa shape index (κ3) is 1.22. The highest BCUT2D eigenvalue weighted by molar-refractivity contribution is 5.96. The highest BCUT2D eigenvalue weighted by atomic mass is 16.3. The van der Waals surface area contributed by atoms with Gasteiger partial charge in [-0.1, -0.05) is 24.3 Å². The molecule has 0 saturated heterocycles. The van der Waals surface area contributed by atoms with Crippen molar-refractivity contribution in [3.8, 4) is 16.9 Å². The molecule has 1 N–H and O–H groups in total. The summed E-state index contributed by atoms with van der Waals surface area (Å²) in [6.07, 6.45) is 3.70. The topological polar surface area (TPSA) is 33.1 Å². The van der Waals surface area contributed by atoms with Crippen molar-refractivity contribution in [1.29, 1.82) is 0 Å². The van der Waals surface area contributed by atoms with E-state index in [-0.39, 0.29) is 0 Å². The largest absolute Gasteiger partial charge is 0.508 e. The van der Waals surface area contributed by atoms with Crippen molar-refractivity contribution in [3.63, 3.8) is 0 Å². The monoisotopic (exact) mass is 195 g/mol. The van der Waals surface area contributed by atoms with Crippen molar-refractivity contribution in [2.45, 2.75) is 0 Å². The lowest BCUT2D eigenvalue weighted by Crippen LogP contribution is -1.71. The van der Waals surface area contributed by atoms with Crippen LogP contribution in [0.2, 0.25) is 0 Å². The lowest BCUT2D eigenvalue weighted by Gasteiger charge is -1.98. The van der Waals surface area contributed by atoms with Crippen LogP contribution in [0.3, 0.4) is 0 Å². The van der Waals surface area contributed by atoms with Crippen molar-refractivity contribution in [2.75, 3.05) is 0 Å². The third-order valence-corrected chi connectivity index (χ3v) is 2.61. The number of rotatable bonds is 0. The Labute approximate surface area is 87.2 Å². The molecule has 0 radical (unpaired) electrons. The number of phenolic OH excluding ortho intramolecular Hbond substituents is 1. The Morgan fingerprint density at radius 3 is 2.87 bits per heavy atom. The summed E-state index contributed by atoms with van der Waals surface area (Å²) in [4.78, 5) is 4.14. The fourth-order valence-electron chi connectivity index (χ4n) is 1.88. The van der Waals surface area contributed by atoms with Gasteiger partial charge >= 0.3 is 0 Å². The van der Waals surface area contributed by atoms with E-state index < -0.39 is 0 Å². The summed E-state index contributed by atoms with van der Waals surface area (Å²) < 4.78 is 0. The first kappa shape index (κ1) is 8.24. The van der Waals surface area contributed by atoms with Crippen LogP contribution in [0.1, 0.15) is 0 Å². The van der Waals surface area contributed by atoms with E-state index in [4.69, 9.17) is 0 Å². The first-order valence-electron chi connectivity index (χ1n) is 4.80. The standard InChI is InChI=1S/C13H9NO/c15-11-4-5-12-9(6-11)2-1-3-10-7-14-8-13(10)12/h1-8,15H. The zero-order valence-corrected chi connectivity index (χ0v) is 8.01. The highest BCUT2D eigenvalue weighted by Crippen LogP contribution is 2.30. The predicted molar refractivity (Wildman–Crippen MR) is 60.0 cm³/mol. The Hall–Kier alpha value is -2.09. The van der Waals surface area contributed by atoms with Crippen LogP contribution >= 0.6 is 0 Å². The number of aromatic nitrogens is 1. The summed E-state index contributed by atoms with van der Waals surface area (Å²) in [7, 11) is 0. The summed E-state index contributed by atoms with van der Waals surface area (Å²) >= 11 is 0. The number of hydrogen-bond donors (Lipinski definition) is 1. The summed E-state index contributed by atoms with van der Waals surface area (Å²) in [6, 6.07) is 11.4. The second-order valence-corrected chi connectivity index (χ2v) is 3.57. The summed E-state index contributed by atoms with van der Waals surface area (Å²) in [5.74, 6) is 0.293. The minimum atomic E-state index is 0.293. The molecule has 1 aromatic carbocycles. The molecule has 2 heteroatoms. The number of hydrogen-bond acceptors (Lipinski definition) is 2. The van der Waals surface area contributed by atoms with Gasteiger partial charge in [0.2, 0.25) is 0 Å². The molecule has 3 rings (SSSR count). The summed E-state index contributed by atoms with van der Waals surface area (Å²) in [6.45, 7) is 0. The van der Waals surface area contributed by atoms with Gasteiger partial charge in [-0.25, -0.2) is 0 Å². The fourth-order valence-corrected chi connectivity index (χ4v) is 1.88. The van der Waals surface area contributed by atoms with Gasteiger partial charge < -0.3 is 5.11 Å². The molecule has 0 fully saturated rings.